The number of rotatable bonds is 5. The number of aliphatic hydroxyl groups excluding tert-OH is 3. The number of hydrogen-bond donors (Lipinski definition) is 5. The van der Waals surface area contributed by atoms with Crippen LogP contribution in [-0.4, -0.2) is 68.2 Å². The van der Waals surface area contributed by atoms with Crippen LogP contribution in [0.15, 0.2) is 24.3 Å². The number of benzene rings is 1. The fourth-order valence-corrected chi connectivity index (χ4v) is 2.14. The Morgan fingerprint density at radius 3 is 2.13 bits per heavy atom. The number of ether oxygens (including phenoxy) is 2. The Labute approximate surface area is 130 Å². The minimum absolute atomic E-state index is 0.172. The predicted octanol–water partition coefficient (Wildman–Crippen LogP) is -1.42. The molecule has 1 aromatic rings. The van der Waals surface area contributed by atoms with Gasteiger partial charge in [-0.05, 0) is 17.7 Å². The molecule has 0 spiro atoms. The highest BCUT2D eigenvalue weighted by molar-refractivity contribution is 5.73. The molecule has 1 aliphatic rings. The van der Waals surface area contributed by atoms with Gasteiger partial charge < -0.3 is 35.0 Å². The molecule has 2 rings (SSSR count). The molecule has 0 amide bonds. The van der Waals surface area contributed by atoms with E-state index < -0.39 is 42.6 Å². The second-order valence-corrected chi connectivity index (χ2v) is 5.07. The molecule has 126 valence electrons. The van der Waals surface area contributed by atoms with Crippen molar-refractivity contribution in [2.24, 2.45) is 0 Å². The highest BCUT2D eigenvalue weighted by atomic mass is 16.7. The van der Waals surface area contributed by atoms with E-state index in [9.17, 15) is 24.9 Å². The van der Waals surface area contributed by atoms with E-state index in [1.165, 1.54) is 24.3 Å². The van der Waals surface area contributed by atoms with Crippen molar-refractivity contribution < 1.29 is 44.6 Å². The van der Waals surface area contributed by atoms with E-state index in [1.807, 2.05) is 0 Å². The van der Waals surface area contributed by atoms with E-state index >= 15 is 0 Å². The van der Waals surface area contributed by atoms with Crippen LogP contribution in [0.25, 0.3) is 0 Å². The lowest BCUT2D eigenvalue weighted by atomic mass is 9.99. The van der Waals surface area contributed by atoms with Gasteiger partial charge in [-0.3, -0.25) is 4.79 Å². The number of carboxylic acid groups (broad SMARTS) is 2. The summed E-state index contributed by atoms with van der Waals surface area (Å²) in [5, 5.41) is 46.6. The molecule has 1 saturated heterocycles. The van der Waals surface area contributed by atoms with Gasteiger partial charge in [-0.2, -0.15) is 0 Å². The number of hydrogen-bond acceptors (Lipinski definition) is 7. The molecule has 1 fully saturated rings. The van der Waals surface area contributed by atoms with Crippen molar-refractivity contribution in [3.05, 3.63) is 29.8 Å². The molecule has 23 heavy (non-hydrogen) atoms. The molecule has 5 N–H and O–H groups in total. The molecular weight excluding hydrogens is 312 g/mol. The summed E-state index contributed by atoms with van der Waals surface area (Å²) in [5.74, 6) is -2.32. The standard InChI is InChI=1S/C14H16O9/c15-8(16)5-6-1-3-7(4-2-6)22-14-11(19)9(17)10(18)12(23-14)13(20)21/h1-4,9-12,14,17-19H,5H2,(H,15,16)(H,20,21). The smallest absolute Gasteiger partial charge is 0.335 e. The van der Waals surface area contributed by atoms with E-state index in [2.05, 4.69) is 0 Å². The molecular formula is C14H16O9. The Kier molecular flexibility index (Phi) is 5.16. The van der Waals surface area contributed by atoms with Gasteiger partial charge in [-0.25, -0.2) is 4.79 Å². The van der Waals surface area contributed by atoms with Crippen LogP contribution >= 0.6 is 0 Å². The molecule has 0 aromatic heterocycles. The largest absolute Gasteiger partial charge is 0.481 e. The van der Waals surface area contributed by atoms with Crippen LogP contribution in [0.4, 0.5) is 0 Å². The maximum Gasteiger partial charge on any atom is 0.335 e. The van der Waals surface area contributed by atoms with Crippen LogP contribution in [0, 0.1) is 0 Å². The van der Waals surface area contributed by atoms with Crippen molar-refractivity contribution in [1.82, 2.24) is 0 Å². The minimum Gasteiger partial charge on any atom is -0.481 e. The summed E-state index contributed by atoms with van der Waals surface area (Å²) >= 11 is 0. The third kappa shape index (κ3) is 3.96. The summed E-state index contributed by atoms with van der Waals surface area (Å²) < 4.78 is 10.2. The first-order chi connectivity index (χ1) is 10.8. The fourth-order valence-electron chi connectivity index (χ4n) is 2.14. The summed E-state index contributed by atoms with van der Waals surface area (Å²) in [6.45, 7) is 0. The lowest BCUT2D eigenvalue weighted by Gasteiger charge is -2.38. The van der Waals surface area contributed by atoms with Crippen molar-refractivity contribution in [2.45, 2.75) is 37.1 Å². The second kappa shape index (κ2) is 6.92. The van der Waals surface area contributed by atoms with Gasteiger partial charge in [0, 0.05) is 0 Å². The van der Waals surface area contributed by atoms with Gasteiger partial charge in [-0.1, -0.05) is 12.1 Å². The lowest BCUT2D eigenvalue weighted by Crippen LogP contribution is -2.61. The minimum atomic E-state index is -1.79. The van der Waals surface area contributed by atoms with Gasteiger partial charge in [0.25, 0.3) is 0 Å². The molecule has 5 unspecified atom stereocenters. The van der Waals surface area contributed by atoms with Gasteiger partial charge in [0.1, 0.15) is 24.1 Å². The summed E-state index contributed by atoms with van der Waals surface area (Å²) in [6.07, 6.45) is -8.61. The van der Waals surface area contributed by atoms with Crippen molar-refractivity contribution in [3.63, 3.8) is 0 Å². The van der Waals surface area contributed by atoms with Crippen LogP contribution < -0.4 is 4.74 Å². The summed E-state index contributed by atoms with van der Waals surface area (Å²) in [6, 6.07) is 5.81. The number of carbonyl (C=O) groups is 2. The van der Waals surface area contributed by atoms with Crippen molar-refractivity contribution in [3.8, 4) is 5.75 Å². The van der Waals surface area contributed by atoms with Crippen LogP contribution in [0.1, 0.15) is 5.56 Å². The Morgan fingerprint density at radius 2 is 1.61 bits per heavy atom. The Morgan fingerprint density at radius 1 is 1.00 bits per heavy atom. The summed E-state index contributed by atoms with van der Waals surface area (Å²) in [7, 11) is 0. The van der Waals surface area contributed by atoms with Crippen LogP contribution in [-0.2, 0) is 20.7 Å². The molecule has 0 bridgehead atoms. The molecule has 0 saturated carbocycles. The van der Waals surface area contributed by atoms with Gasteiger partial charge in [0.2, 0.25) is 6.29 Å². The SMILES string of the molecule is O=C(O)Cc1ccc(OC2OC(C(=O)O)C(O)C(O)C2O)cc1. The Balaban J connectivity index is 2.08. The first-order valence-corrected chi connectivity index (χ1v) is 6.69. The number of aliphatic carboxylic acids is 2. The van der Waals surface area contributed by atoms with Crippen molar-refractivity contribution in [1.29, 1.82) is 0 Å². The summed E-state index contributed by atoms with van der Waals surface area (Å²) in [4.78, 5) is 21.6. The maximum absolute atomic E-state index is 11.0. The molecule has 1 aliphatic heterocycles. The molecule has 5 atom stereocenters. The molecule has 1 aromatic carbocycles. The van der Waals surface area contributed by atoms with E-state index in [4.69, 9.17) is 19.7 Å². The second-order valence-electron chi connectivity index (χ2n) is 5.07. The average Bonchev–Trinajstić information content (AvgIpc) is 2.48. The number of carboxylic acids is 2. The average molecular weight is 328 g/mol. The lowest BCUT2D eigenvalue weighted by molar-refractivity contribution is -0.271. The predicted molar refractivity (Wildman–Crippen MR) is 72.7 cm³/mol. The fraction of sp³-hybridized carbons (Fsp3) is 0.429. The van der Waals surface area contributed by atoms with Crippen LogP contribution in [0.3, 0.4) is 0 Å². The number of aliphatic hydroxyl groups is 3. The molecule has 9 nitrogen and oxygen atoms in total. The first-order valence-electron chi connectivity index (χ1n) is 6.69. The highest BCUT2D eigenvalue weighted by Gasteiger charge is 2.48. The topological polar surface area (TPSA) is 154 Å². The van der Waals surface area contributed by atoms with Gasteiger partial charge >= 0.3 is 11.9 Å². The normalized spacial score (nSPS) is 30.7. The molecule has 0 radical (unpaired) electrons. The molecule has 1 heterocycles. The third-order valence-electron chi connectivity index (χ3n) is 3.34. The highest BCUT2D eigenvalue weighted by Crippen LogP contribution is 2.24. The van der Waals surface area contributed by atoms with Crippen molar-refractivity contribution >= 4 is 11.9 Å². The molecule has 0 aliphatic carbocycles. The van der Waals surface area contributed by atoms with E-state index in [0.717, 1.165) is 0 Å². The first kappa shape index (κ1) is 17.2. The monoisotopic (exact) mass is 328 g/mol. The maximum atomic E-state index is 11.0. The van der Waals surface area contributed by atoms with Crippen LogP contribution in [0.5, 0.6) is 5.75 Å². The van der Waals surface area contributed by atoms with Gasteiger partial charge in [-0.15, -0.1) is 0 Å². The van der Waals surface area contributed by atoms with E-state index in [0.29, 0.717) is 5.56 Å². The quantitative estimate of drug-likeness (QED) is 0.438. The zero-order valence-corrected chi connectivity index (χ0v) is 11.8. The van der Waals surface area contributed by atoms with Crippen LogP contribution in [0.2, 0.25) is 0 Å². The zero-order chi connectivity index (χ0) is 17.1. The molecule has 9 heteroatoms. The Bertz CT molecular complexity index is 570. The van der Waals surface area contributed by atoms with E-state index in [1.54, 1.807) is 0 Å². The van der Waals surface area contributed by atoms with Crippen molar-refractivity contribution in [2.75, 3.05) is 0 Å². The third-order valence-corrected chi connectivity index (χ3v) is 3.34. The van der Waals surface area contributed by atoms with Gasteiger partial charge in [0.05, 0.1) is 6.42 Å². The Hall–Kier alpha value is -2.20. The zero-order valence-electron chi connectivity index (χ0n) is 11.8. The van der Waals surface area contributed by atoms with E-state index in [-0.39, 0.29) is 12.2 Å². The summed E-state index contributed by atoms with van der Waals surface area (Å²) in [5.41, 5.74) is 0.522. The van der Waals surface area contributed by atoms with Gasteiger partial charge in [0.15, 0.2) is 6.10 Å².